The molecule has 210 valence electrons. The molecule has 0 spiro atoms. The summed E-state index contributed by atoms with van der Waals surface area (Å²) in [5.41, 5.74) is 2.18. The molecule has 0 saturated heterocycles. The van der Waals surface area contributed by atoms with Crippen LogP contribution in [0.15, 0.2) is 82.4 Å². The van der Waals surface area contributed by atoms with Crippen LogP contribution in [0.2, 0.25) is 5.15 Å². The first-order chi connectivity index (χ1) is 20.2. The predicted octanol–water partition coefficient (Wildman–Crippen LogP) is 4.26. The number of nitrogens with one attached hydrogen (secondary N) is 2. The predicted molar refractivity (Wildman–Crippen MR) is 162 cm³/mol. The van der Waals surface area contributed by atoms with Crippen molar-refractivity contribution in [2.45, 2.75) is 26.3 Å². The summed E-state index contributed by atoms with van der Waals surface area (Å²) in [6.45, 7) is 1.84. The number of carbonyl (C=O) groups is 2. The second-order valence-corrected chi connectivity index (χ2v) is 9.78. The number of aromatic nitrogens is 2. The Morgan fingerprint density at radius 1 is 0.952 bits per heavy atom. The van der Waals surface area contributed by atoms with Gasteiger partial charge in [-0.05, 0) is 55.3 Å². The number of carbonyl (C=O) groups excluding carboxylic acids is 2. The Bertz CT molecular complexity index is 1870. The monoisotopic (exact) mass is 579 g/mol. The molecule has 0 atom stereocenters. The largest absolute Gasteiger partial charge is 0.332 e. The van der Waals surface area contributed by atoms with E-state index in [1.165, 1.54) is 7.05 Å². The average Bonchev–Trinajstić information content (AvgIpc) is 3.00. The minimum atomic E-state index is -0.715. The maximum Gasteiger partial charge on any atom is 0.332 e. The van der Waals surface area contributed by atoms with Crippen molar-refractivity contribution in [2.24, 2.45) is 7.05 Å². The summed E-state index contributed by atoms with van der Waals surface area (Å²) in [7, 11) is 1.30. The lowest BCUT2D eigenvalue weighted by Gasteiger charge is -2.13. The molecule has 0 aliphatic heterocycles. The molecule has 4 rings (SSSR count). The third-order valence-electron chi connectivity index (χ3n) is 6.41. The van der Waals surface area contributed by atoms with Crippen LogP contribution in [0.1, 0.15) is 39.0 Å². The molecule has 42 heavy (non-hydrogen) atoms. The van der Waals surface area contributed by atoms with Gasteiger partial charge in [0.25, 0.3) is 11.5 Å². The number of benzene rings is 3. The van der Waals surface area contributed by atoms with Gasteiger partial charge in [-0.3, -0.25) is 23.5 Å². The molecule has 0 unspecified atom stereocenters. The molecule has 10 heteroatoms. The lowest BCUT2D eigenvalue weighted by Crippen LogP contribution is -2.40. The molecule has 0 aliphatic rings. The van der Waals surface area contributed by atoms with Crippen LogP contribution in [0.4, 0.5) is 11.4 Å². The Balaban J connectivity index is 1.44. The summed E-state index contributed by atoms with van der Waals surface area (Å²) in [6.07, 6.45) is 0.605. The van der Waals surface area contributed by atoms with Crippen molar-refractivity contribution in [1.29, 1.82) is 5.26 Å². The Labute approximate surface area is 247 Å². The van der Waals surface area contributed by atoms with Crippen LogP contribution in [0, 0.1) is 30.1 Å². The van der Waals surface area contributed by atoms with Gasteiger partial charge >= 0.3 is 5.69 Å². The van der Waals surface area contributed by atoms with E-state index in [0.717, 1.165) is 20.3 Å². The van der Waals surface area contributed by atoms with E-state index < -0.39 is 23.1 Å². The van der Waals surface area contributed by atoms with E-state index in [9.17, 15) is 24.4 Å². The van der Waals surface area contributed by atoms with E-state index >= 15 is 0 Å². The molecule has 2 N–H and O–H groups in total. The zero-order valence-corrected chi connectivity index (χ0v) is 23.7. The second kappa shape index (κ2) is 13.3. The van der Waals surface area contributed by atoms with Crippen LogP contribution >= 0.6 is 11.6 Å². The highest BCUT2D eigenvalue weighted by molar-refractivity contribution is 6.32. The van der Waals surface area contributed by atoms with Crippen molar-refractivity contribution in [1.82, 2.24) is 9.13 Å². The highest BCUT2D eigenvalue weighted by atomic mass is 35.5. The number of amides is 2. The standard InChI is InChI=1S/C32H26ClN5O4/c1-21-9-11-23(12-10-21)15-18-27(39)36-28-29(33)38(32(42)37(2)31(28)41)19-5-6-22-13-16-25(17-14-22)35-30(40)26-8-4-3-7-24(26)20-34/h3-4,7-14,16-17H,15,18-19H2,1-2H3,(H,35,40)(H,36,39). The molecule has 1 heterocycles. The van der Waals surface area contributed by atoms with Crippen LogP contribution < -0.4 is 21.9 Å². The van der Waals surface area contributed by atoms with Crippen molar-refractivity contribution < 1.29 is 9.59 Å². The fraction of sp³-hybridized carbons (Fsp3) is 0.156. The number of halogens is 1. The van der Waals surface area contributed by atoms with Gasteiger partial charge in [-0.25, -0.2) is 4.79 Å². The van der Waals surface area contributed by atoms with Gasteiger partial charge in [-0.2, -0.15) is 5.26 Å². The summed E-state index contributed by atoms with van der Waals surface area (Å²) in [6, 6.07) is 23.0. The van der Waals surface area contributed by atoms with Crippen molar-refractivity contribution in [3.63, 3.8) is 0 Å². The highest BCUT2D eigenvalue weighted by Gasteiger charge is 2.18. The molecular formula is C32H26ClN5O4. The Hall–Kier alpha value is -5.38. The molecule has 0 saturated carbocycles. The number of anilines is 2. The van der Waals surface area contributed by atoms with Gasteiger partial charge in [-0.15, -0.1) is 0 Å². The lowest BCUT2D eigenvalue weighted by atomic mass is 10.1. The first-order valence-corrected chi connectivity index (χ1v) is 13.3. The van der Waals surface area contributed by atoms with E-state index in [-0.39, 0.29) is 34.9 Å². The molecule has 1 aromatic heterocycles. The van der Waals surface area contributed by atoms with Crippen LogP contribution in [-0.4, -0.2) is 20.9 Å². The smallest absolute Gasteiger partial charge is 0.322 e. The van der Waals surface area contributed by atoms with Gasteiger partial charge in [-0.1, -0.05) is 65.4 Å². The third kappa shape index (κ3) is 7.03. The van der Waals surface area contributed by atoms with E-state index in [0.29, 0.717) is 17.7 Å². The van der Waals surface area contributed by atoms with Crippen molar-refractivity contribution in [3.05, 3.63) is 127 Å². The zero-order valence-electron chi connectivity index (χ0n) is 22.9. The van der Waals surface area contributed by atoms with Gasteiger partial charge in [0.05, 0.1) is 23.7 Å². The fourth-order valence-electron chi connectivity index (χ4n) is 4.03. The minimum Gasteiger partial charge on any atom is -0.322 e. The van der Waals surface area contributed by atoms with Gasteiger partial charge in [0.1, 0.15) is 10.8 Å². The molecule has 0 fully saturated rings. The van der Waals surface area contributed by atoms with Crippen LogP contribution in [0.3, 0.4) is 0 Å². The Kier molecular flexibility index (Phi) is 9.39. The Morgan fingerprint density at radius 2 is 1.64 bits per heavy atom. The second-order valence-electron chi connectivity index (χ2n) is 9.42. The molecule has 9 nitrogen and oxygen atoms in total. The van der Waals surface area contributed by atoms with Crippen LogP contribution in [0.5, 0.6) is 0 Å². The van der Waals surface area contributed by atoms with E-state index in [4.69, 9.17) is 11.6 Å². The molecule has 2 amide bonds. The number of aryl methyl sites for hydroxylation is 2. The SMILES string of the molecule is Cc1ccc(CCC(=O)Nc2c(Cl)n(CC#Cc3ccc(NC(=O)c4ccccc4C#N)cc3)c(=O)n(C)c2=O)cc1. The summed E-state index contributed by atoms with van der Waals surface area (Å²) < 4.78 is 1.97. The van der Waals surface area contributed by atoms with Gasteiger partial charge in [0.15, 0.2) is 0 Å². The highest BCUT2D eigenvalue weighted by Crippen LogP contribution is 2.17. The maximum atomic E-state index is 12.7. The van der Waals surface area contributed by atoms with E-state index in [1.807, 2.05) is 37.3 Å². The van der Waals surface area contributed by atoms with Gasteiger partial charge in [0.2, 0.25) is 5.91 Å². The Morgan fingerprint density at radius 3 is 2.33 bits per heavy atom. The summed E-state index contributed by atoms with van der Waals surface area (Å²) in [5.74, 6) is 4.95. The first-order valence-electron chi connectivity index (χ1n) is 12.9. The molecular weight excluding hydrogens is 554 g/mol. The van der Waals surface area contributed by atoms with Crippen molar-refractivity contribution >= 4 is 34.8 Å². The van der Waals surface area contributed by atoms with E-state index in [1.54, 1.807) is 48.5 Å². The molecule has 0 aliphatic carbocycles. The van der Waals surface area contributed by atoms with Crippen LogP contribution in [-0.2, 0) is 24.8 Å². The molecule has 3 aromatic carbocycles. The van der Waals surface area contributed by atoms with Gasteiger partial charge < -0.3 is 10.6 Å². The van der Waals surface area contributed by atoms with Gasteiger partial charge in [0, 0.05) is 24.7 Å². The molecule has 4 aromatic rings. The third-order valence-corrected chi connectivity index (χ3v) is 6.80. The quantitative estimate of drug-likeness (QED) is 0.250. The average molecular weight is 580 g/mol. The topological polar surface area (TPSA) is 126 Å². The zero-order chi connectivity index (χ0) is 30.2. The van der Waals surface area contributed by atoms with Crippen molar-refractivity contribution in [3.8, 4) is 17.9 Å². The normalized spacial score (nSPS) is 10.2. The number of hydrogen-bond acceptors (Lipinski definition) is 5. The van der Waals surface area contributed by atoms with Crippen molar-refractivity contribution in [2.75, 3.05) is 10.6 Å². The first kappa shape index (κ1) is 29.6. The summed E-state index contributed by atoms with van der Waals surface area (Å²) in [4.78, 5) is 50.6. The maximum absolute atomic E-state index is 12.7. The van der Waals surface area contributed by atoms with E-state index in [2.05, 4.69) is 22.5 Å². The van der Waals surface area contributed by atoms with Crippen LogP contribution in [0.25, 0.3) is 0 Å². The molecule has 0 bridgehead atoms. The summed E-state index contributed by atoms with van der Waals surface area (Å²) in [5, 5.41) is 14.3. The summed E-state index contributed by atoms with van der Waals surface area (Å²) >= 11 is 6.40. The lowest BCUT2D eigenvalue weighted by molar-refractivity contribution is -0.116. The molecule has 0 radical (unpaired) electrons. The number of hydrogen-bond donors (Lipinski definition) is 2. The number of rotatable bonds is 7. The number of nitriles is 1. The number of nitrogens with zero attached hydrogens (tertiary/aromatic N) is 3. The minimum absolute atomic E-state index is 0.128. The fourth-order valence-corrected chi connectivity index (χ4v) is 4.29.